The molecule has 1 aliphatic carbocycles. The lowest BCUT2D eigenvalue weighted by Crippen LogP contribution is -2.34. The van der Waals surface area contributed by atoms with Crippen LogP contribution < -0.4 is 4.74 Å². The first-order chi connectivity index (χ1) is 15.7. The second-order valence-electron chi connectivity index (χ2n) is 8.21. The SMILES string of the molecule is O=C1c2ccccc2C(=O)N1OC(c1ccc(OCc2cscn2)cc1)C1CCCCC1. The van der Waals surface area contributed by atoms with Crippen molar-refractivity contribution < 1.29 is 19.2 Å². The van der Waals surface area contributed by atoms with Crippen LogP contribution in [0.2, 0.25) is 0 Å². The average Bonchev–Trinajstić information content (AvgIpc) is 3.45. The zero-order valence-corrected chi connectivity index (χ0v) is 18.4. The summed E-state index contributed by atoms with van der Waals surface area (Å²) in [6, 6.07) is 14.6. The van der Waals surface area contributed by atoms with Crippen LogP contribution in [0.4, 0.5) is 0 Å². The zero-order valence-electron chi connectivity index (χ0n) is 17.6. The molecule has 7 heteroatoms. The Hall–Kier alpha value is -3.03. The molecule has 1 fully saturated rings. The highest BCUT2D eigenvalue weighted by atomic mass is 32.1. The molecule has 0 N–H and O–H groups in total. The number of rotatable bonds is 7. The molecule has 1 unspecified atom stereocenters. The summed E-state index contributed by atoms with van der Waals surface area (Å²) < 4.78 is 5.83. The molecule has 1 saturated carbocycles. The Labute approximate surface area is 190 Å². The highest BCUT2D eigenvalue weighted by Crippen LogP contribution is 2.39. The number of fused-ring (bicyclic) bond motifs is 1. The molecular weight excluding hydrogens is 424 g/mol. The maximum atomic E-state index is 12.9. The number of hydroxylamine groups is 2. The van der Waals surface area contributed by atoms with Crippen molar-refractivity contribution in [2.24, 2.45) is 5.92 Å². The minimum Gasteiger partial charge on any atom is -0.487 e. The van der Waals surface area contributed by atoms with Crippen LogP contribution in [0.1, 0.15) is 70.2 Å². The van der Waals surface area contributed by atoms with Crippen LogP contribution >= 0.6 is 11.3 Å². The van der Waals surface area contributed by atoms with E-state index in [0.29, 0.717) is 17.7 Å². The minimum atomic E-state index is -0.394. The van der Waals surface area contributed by atoms with Crippen LogP contribution in [-0.2, 0) is 11.4 Å². The van der Waals surface area contributed by atoms with Gasteiger partial charge in [-0.05, 0) is 48.6 Å². The standard InChI is InChI=1S/C25H24N2O4S/c28-24-21-8-4-5-9-22(21)25(29)27(24)31-23(17-6-2-1-3-7-17)18-10-12-20(13-11-18)30-14-19-15-32-16-26-19/h4-5,8-13,15-17,23H,1-3,6-7,14H2. The average molecular weight is 449 g/mol. The third-order valence-electron chi connectivity index (χ3n) is 6.13. The normalized spacial score (nSPS) is 17.4. The largest absolute Gasteiger partial charge is 0.487 e. The molecule has 0 spiro atoms. The molecular formula is C25H24N2O4S. The van der Waals surface area contributed by atoms with E-state index >= 15 is 0 Å². The van der Waals surface area contributed by atoms with E-state index in [9.17, 15) is 9.59 Å². The summed E-state index contributed by atoms with van der Waals surface area (Å²) in [6.07, 6.45) is 5.11. The number of benzene rings is 2. The van der Waals surface area contributed by atoms with Gasteiger partial charge < -0.3 is 4.74 Å². The van der Waals surface area contributed by atoms with Gasteiger partial charge in [-0.1, -0.05) is 43.5 Å². The number of amides is 2. The van der Waals surface area contributed by atoms with Crippen LogP contribution in [0.25, 0.3) is 0 Å². The molecule has 6 nitrogen and oxygen atoms in total. The van der Waals surface area contributed by atoms with Gasteiger partial charge in [0, 0.05) is 5.38 Å². The molecule has 1 aromatic heterocycles. The number of nitrogens with zero attached hydrogens (tertiary/aromatic N) is 2. The summed E-state index contributed by atoms with van der Waals surface area (Å²) in [5.41, 5.74) is 4.41. The summed E-state index contributed by atoms with van der Waals surface area (Å²) in [5.74, 6) is 0.198. The zero-order chi connectivity index (χ0) is 21.9. The van der Waals surface area contributed by atoms with Crippen LogP contribution in [0, 0.1) is 5.92 Å². The minimum absolute atomic E-state index is 0.245. The maximum absolute atomic E-state index is 12.9. The van der Waals surface area contributed by atoms with Gasteiger partial charge in [-0.2, -0.15) is 0 Å². The molecule has 1 atom stereocenters. The van der Waals surface area contributed by atoms with Crippen molar-refractivity contribution >= 4 is 23.2 Å². The number of aromatic nitrogens is 1. The molecule has 2 aliphatic rings. The number of carbonyl (C=O) groups is 2. The van der Waals surface area contributed by atoms with Gasteiger partial charge in [0.1, 0.15) is 18.5 Å². The van der Waals surface area contributed by atoms with Crippen molar-refractivity contribution in [3.05, 3.63) is 81.8 Å². The summed E-state index contributed by atoms with van der Waals surface area (Å²) in [6.45, 7) is 0.417. The van der Waals surface area contributed by atoms with Crippen molar-refractivity contribution in [1.82, 2.24) is 10.0 Å². The molecule has 2 amide bonds. The van der Waals surface area contributed by atoms with Crippen LogP contribution in [0.5, 0.6) is 5.75 Å². The van der Waals surface area contributed by atoms with E-state index in [1.165, 1.54) is 6.42 Å². The van der Waals surface area contributed by atoms with Gasteiger partial charge in [0.15, 0.2) is 0 Å². The van der Waals surface area contributed by atoms with Gasteiger partial charge in [-0.3, -0.25) is 14.4 Å². The lowest BCUT2D eigenvalue weighted by molar-refractivity contribution is -0.156. The molecule has 0 bridgehead atoms. The molecule has 2 heterocycles. The van der Waals surface area contributed by atoms with Crippen molar-refractivity contribution in [2.75, 3.05) is 0 Å². The Balaban J connectivity index is 1.36. The van der Waals surface area contributed by atoms with Gasteiger partial charge in [-0.15, -0.1) is 16.4 Å². The van der Waals surface area contributed by atoms with Gasteiger partial charge >= 0.3 is 0 Å². The Kier molecular flexibility index (Phi) is 6.01. The lowest BCUT2D eigenvalue weighted by atomic mass is 9.82. The predicted octanol–water partition coefficient (Wildman–Crippen LogP) is 5.57. The second kappa shape index (κ2) is 9.22. The fourth-order valence-corrected chi connectivity index (χ4v) is 5.00. The van der Waals surface area contributed by atoms with Gasteiger partial charge in [-0.25, -0.2) is 4.98 Å². The molecule has 0 radical (unpaired) electrons. The fraction of sp³-hybridized carbons (Fsp3) is 0.320. The number of hydrogen-bond donors (Lipinski definition) is 0. The quantitative estimate of drug-likeness (QED) is 0.442. The highest BCUT2D eigenvalue weighted by molar-refractivity contribution is 7.07. The third-order valence-corrected chi connectivity index (χ3v) is 6.77. The van der Waals surface area contributed by atoms with E-state index in [0.717, 1.165) is 47.8 Å². The molecule has 2 aromatic carbocycles. The van der Waals surface area contributed by atoms with Crippen LogP contribution in [0.15, 0.2) is 59.4 Å². The Morgan fingerprint density at radius 3 is 2.28 bits per heavy atom. The van der Waals surface area contributed by atoms with E-state index in [1.54, 1.807) is 41.1 Å². The van der Waals surface area contributed by atoms with Crippen molar-refractivity contribution in [1.29, 1.82) is 0 Å². The molecule has 0 saturated heterocycles. The second-order valence-corrected chi connectivity index (χ2v) is 8.93. The predicted molar refractivity (Wildman–Crippen MR) is 120 cm³/mol. The monoisotopic (exact) mass is 448 g/mol. The first-order valence-electron chi connectivity index (χ1n) is 10.9. The fourth-order valence-electron chi connectivity index (χ4n) is 4.45. The van der Waals surface area contributed by atoms with Gasteiger partial charge in [0.05, 0.1) is 22.3 Å². The number of hydrogen-bond acceptors (Lipinski definition) is 6. The molecule has 3 aromatic rings. The summed E-state index contributed by atoms with van der Waals surface area (Å²) in [7, 11) is 0. The van der Waals surface area contributed by atoms with E-state index < -0.39 is 11.8 Å². The van der Waals surface area contributed by atoms with E-state index in [4.69, 9.17) is 9.57 Å². The number of carbonyl (C=O) groups excluding carboxylic acids is 2. The number of thiazole rings is 1. The third kappa shape index (κ3) is 4.18. The van der Waals surface area contributed by atoms with Crippen molar-refractivity contribution in [3.63, 3.8) is 0 Å². The van der Waals surface area contributed by atoms with E-state index in [1.807, 2.05) is 29.6 Å². The van der Waals surface area contributed by atoms with Crippen molar-refractivity contribution in [3.8, 4) is 5.75 Å². The molecule has 5 rings (SSSR count). The summed E-state index contributed by atoms with van der Waals surface area (Å²) in [4.78, 5) is 36.1. The van der Waals surface area contributed by atoms with Crippen molar-refractivity contribution in [2.45, 2.75) is 44.8 Å². The topological polar surface area (TPSA) is 68.7 Å². The van der Waals surface area contributed by atoms with Gasteiger partial charge in [0.2, 0.25) is 0 Å². The lowest BCUT2D eigenvalue weighted by Gasteiger charge is -2.32. The van der Waals surface area contributed by atoms with E-state index in [-0.39, 0.29) is 12.0 Å². The Morgan fingerprint density at radius 2 is 1.66 bits per heavy atom. The molecule has 1 aliphatic heterocycles. The molecule has 32 heavy (non-hydrogen) atoms. The first-order valence-corrected chi connectivity index (χ1v) is 11.9. The number of ether oxygens (including phenoxy) is 1. The summed E-state index contributed by atoms with van der Waals surface area (Å²) in [5, 5.41) is 2.92. The highest BCUT2D eigenvalue weighted by Gasteiger charge is 2.40. The summed E-state index contributed by atoms with van der Waals surface area (Å²) >= 11 is 1.54. The molecule has 164 valence electrons. The maximum Gasteiger partial charge on any atom is 0.285 e. The van der Waals surface area contributed by atoms with Gasteiger partial charge in [0.25, 0.3) is 11.8 Å². The smallest absolute Gasteiger partial charge is 0.285 e. The van der Waals surface area contributed by atoms with E-state index in [2.05, 4.69) is 4.98 Å². The van der Waals surface area contributed by atoms with Crippen LogP contribution in [-0.4, -0.2) is 21.9 Å². The Bertz CT molecular complexity index is 1060. The first kappa shape index (κ1) is 20.8. The Morgan fingerprint density at radius 1 is 0.969 bits per heavy atom. The van der Waals surface area contributed by atoms with Crippen LogP contribution in [0.3, 0.4) is 0 Å². The number of imide groups is 1.